The number of fused-ring (bicyclic) bond motifs is 1. The zero-order chi connectivity index (χ0) is 25.6. The van der Waals surface area contributed by atoms with E-state index in [0.717, 1.165) is 16.7 Å². The molecule has 0 saturated carbocycles. The molecule has 2 aromatic rings. The molecule has 0 saturated heterocycles. The number of hydrogen-bond donors (Lipinski definition) is 1. The highest BCUT2D eigenvalue weighted by molar-refractivity contribution is 5.87. The van der Waals surface area contributed by atoms with Gasteiger partial charge in [-0.1, -0.05) is 19.9 Å². The number of anilines is 1. The number of esters is 1. The van der Waals surface area contributed by atoms with Gasteiger partial charge in [-0.05, 0) is 73.7 Å². The Labute approximate surface area is 201 Å². The van der Waals surface area contributed by atoms with Crippen LogP contribution in [0.25, 0.3) is 6.08 Å². The largest absolute Gasteiger partial charge is 0.496 e. The van der Waals surface area contributed by atoms with Crippen LogP contribution >= 0.6 is 0 Å². The molecule has 0 radical (unpaired) electrons. The molecule has 34 heavy (non-hydrogen) atoms. The molecule has 0 amide bonds. The Bertz CT molecular complexity index is 1050. The number of nitrogens with two attached hydrogens (primary N) is 1. The van der Waals surface area contributed by atoms with Crippen LogP contribution in [0, 0.1) is 12.7 Å². The summed E-state index contributed by atoms with van der Waals surface area (Å²) in [4.78, 5) is 13.4. The molecule has 0 aliphatic carbocycles. The molecule has 0 fully saturated rings. The van der Waals surface area contributed by atoms with Gasteiger partial charge in [0.2, 0.25) is 0 Å². The summed E-state index contributed by atoms with van der Waals surface area (Å²) in [5.41, 5.74) is 9.03. The van der Waals surface area contributed by atoms with Gasteiger partial charge in [-0.15, -0.1) is 0 Å². The summed E-state index contributed by atoms with van der Waals surface area (Å²) in [6, 6.07) is 6.16. The molecule has 0 spiro atoms. The summed E-state index contributed by atoms with van der Waals surface area (Å²) >= 11 is 0. The van der Waals surface area contributed by atoms with Gasteiger partial charge in [0.05, 0.1) is 25.8 Å². The van der Waals surface area contributed by atoms with E-state index in [1.165, 1.54) is 46.3 Å². The zero-order valence-electron chi connectivity index (χ0n) is 21.2. The van der Waals surface area contributed by atoms with E-state index >= 15 is 4.39 Å². The lowest BCUT2D eigenvalue weighted by atomic mass is 9.84. The Morgan fingerprint density at radius 3 is 2.53 bits per heavy atom. The number of halogens is 2. The van der Waals surface area contributed by atoms with Crippen LogP contribution in [-0.2, 0) is 16.0 Å². The Hall–Kier alpha value is -2.93. The minimum Gasteiger partial charge on any atom is -0.496 e. The quantitative estimate of drug-likeness (QED) is 0.334. The van der Waals surface area contributed by atoms with E-state index in [0.29, 0.717) is 35.5 Å². The van der Waals surface area contributed by atoms with Crippen LogP contribution < -0.4 is 10.5 Å². The summed E-state index contributed by atoms with van der Waals surface area (Å²) < 4.78 is 40.5. The molecule has 186 valence electrons. The second kappa shape index (κ2) is 11.5. The topological polar surface area (TPSA) is 64.8 Å². The van der Waals surface area contributed by atoms with Crippen LogP contribution in [0.2, 0.25) is 0 Å². The lowest BCUT2D eigenvalue weighted by molar-refractivity contribution is -0.134. The molecule has 2 N–H and O–H groups in total. The highest BCUT2D eigenvalue weighted by Gasteiger charge is 2.36. The highest BCUT2D eigenvalue weighted by Crippen LogP contribution is 2.43. The second-order valence-corrected chi connectivity index (χ2v) is 8.66. The molecule has 1 aliphatic heterocycles. The van der Waals surface area contributed by atoms with Crippen molar-refractivity contribution in [1.82, 2.24) is 4.90 Å². The second-order valence-electron chi connectivity index (χ2n) is 8.66. The molecule has 1 atom stereocenters. The molecule has 2 aromatic carbocycles. The van der Waals surface area contributed by atoms with Gasteiger partial charge in [0.25, 0.3) is 0 Å². The molecule has 7 heteroatoms. The first-order chi connectivity index (χ1) is 16.1. The van der Waals surface area contributed by atoms with E-state index in [4.69, 9.17) is 10.5 Å². The lowest BCUT2D eigenvalue weighted by Gasteiger charge is -2.41. The molecular formula is C27H36F2N2O3. The van der Waals surface area contributed by atoms with Gasteiger partial charge >= 0.3 is 5.97 Å². The summed E-state index contributed by atoms with van der Waals surface area (Å²) in [6.07, 6.45) is 3.37. The van der Waals surface area contributed by atoms with E-state index in [1.54, 1.807) is 6.07 Å². The minimum absolute atomic E-state index is 0.132. The van der Waals surface area contributed by atoms with Crippen molar-refractivity contribution in [2.75, 3.05) is 33.0 Å². The average Bonchev–Trinajstić information content (AvgIpc) is 2.80. The van der Waals surface area contributed by atoms with E-state index in [2.05, 4.69) is 4.74 Å². The van der Waals surface area contributed by atoms with E-state index in [1.807, 2.05) is 37.8 Å². The number of nitrogens with zero attached hydrogens (tertiary/aromatic N) is 1. The van der Waals surface area contributed by atoms with Gasteiger partial charge in [-0.25, -0.2) is 13.6 Å². The number of ether oxygens (including phenoxy) is 2. The Morgan fingerprint density at radius 2 is 1.94 bits per heavy atom. The Kier molecular flexibility index (Phi) is 9.21. The summed E-state index contributed by atoms with van der Waals surface area (Å²) in [7, 11) is 2.74. The van der Waals surface area contributed by atoms with Gasteiger partial charge in [-0.2, -0.15) is 0 Å². The molecule has 3 rings (SSSR count). The molecule has 0 bridgehead atoms. The fourth-order valence-electron chi connectivity index (χ4n) is 4.33. The van der Waals surface area contributed by atoms with E-state index in [-0.39, 0.29) is 6.54 Å². The first kappa shape index (κ1) is 27.3. The van der Waals surface area contributed by atoms with Gasteiger partial charge in [-0.3, -0.25) is 4.90 Å². The monoisotopic (exact) mass is 474 g/mol. The highest BCUT2D eigenvalue weighted by atomic mass is 19.1. The van der Waals surface area contributed by atoms with Gasteiger partial charge in [0, 0.05) is 24.9 Å². The lowest BCUT2D eigenvalue weighted by Crippen LogP contribution is -2.43. The zero-order valence-corrected chi connectivity index (χ0v) is 21.2. The van der Waals surface area contributed by atoms with Crippen LogP contribution in [0.3, 0.4) is 0 Å². The number of hydrogen-bond acceptors (Lipinski definition) is 5. The number of alkyl halides is 1. The Morgan fingerprint density at radius 1 is 1.26 bits per heavy atom. The molecule has 5 nitrogen and oxygen atoms in total. The molecular weight excluding hydrogens is 438 g/mol. The smallest absolute Gasteiger partial charge is 0.330 e. The van der Waals surface area contributed by atoms with Crippen molar-refractivity contribution in [3.05, 3.63) is 64.0 Å². The van der Waals surface area contributed by atoms with Gasteiger partial charge in [0.1, 0.15) is 17.2 Å². The van der Waals surface area contributed by atoms with E-state index < -0.39 is 23.5 Å². The van der Waals surface area contributed by atoms with Crippen LogP contribution in [0.1, 0.15) is 61.6 Å². The maximum atomic E-state index is 15.6. The third-order valence-corrected chi connectivity index (χ3v) is 5.78. The first-order valence-corrected chi connectivity index (χ1v) is 11.5. The maximum Gasteiger partial charge on any atom is 0.330 e. The number of methoxy groups -OCH3 is 2. The molecule has 0 aromatic heterocycles. The van der Waals surface area contributed by atoms with Crippen molar-refractivity contribution in [2.45, 2.75) is 52.8 Å². The predicted molar refractivity (Wildman–Crippen MR) is 133 cm³/mol. The van der Waals surface area contributed by atoms with Crippen LogP contribution in [-0.4, -0.2) is 43.8 Å². The number of benzene rings is 2. The van der Waals surface area contributed by atoms with Crippen molar-refractivity contribution in [2.24, 2.45) is 0 Å². The fourth-order valence-corrected chi connectivity index (χ4v) is 4.33. The van der Waals surface area contributed by atoms with Crippen LogP contribution in [0.5, 0.6) is 5.75 Å². The Balaban J connectivity index is 0.00000199. The van der Waals surface area contributed by atoms with Crippen molar-refractivity contribution in [3.8, 4) is 5.75 Å². The first-order valence-electron chi connectivity index (χ1n) is 11.5. The summed E-state index contributed by atoms with van der Waals surface area (Å²) in [5, 5.41) is 0. The SMILES string of the molecule is CC.COC(=O)/C=C/c1cc(F)c(C2c3ccc(N)c(C)c3CCN2CC(C)(C)F)c(OC)c1. The predicted octanol–water partition coefficient (Wildman–Crippen LogP) is 5.63. The van der Waals surface area contributed by atoms with Crippen molar-refractivity contribution >= 4 is 17.7 Å². The maximum absolute atomic E-state index is 15.6. The van der Waals surface area contributed by atoms with Crippen LogP contribution in [0.4, 0.5) is 14.5 Å². The normalized spacial score (nSPS) is 16.0. The molecule has 1 heterocycles. The minimum atomic E-state index is -1.47. The van der Waals surface area contributed by atoms with E-state index in [9.17, 15) is 9.18 Å². The van der Waals surface area contributed by atoms with Crippen molar-refractivity contribution in [1.29, 1.82) is 0 Å². The van der Waals surface area contributed by atoms with Gasteiger partial charge < -0.3 is 15.2 Å². The summed E-state index contributed by atoms with van der Waals surface area (Å²) in [5.74, 6) is -0.717. The average molecular weight is 475 g/mol. The fraction of sp³-hybridized carbons (Fsp3) is 0.444. The third-order valence-electron chi connectivity index (χ3n) is 5.78. The molecule has 1 aliphatic rings. The van der Waals surface area contributed by atoms with Crippen molar-refractivity contribution in [3.63, 3.8) is 0 Å². The number of carbonyl (C=O) groups is 1. The third kappa shape index (κ3) is 6.14. The summed E-state index contributed by atoms with van der Waals surface area (Å²) in [6.45, 7) is 9.67. The number of rotatable bonds is 6. The standard InChI is InChI=1S/C25H30F2N2O3.C2H6/c1-15-17-10-11-29(14-25(2,3)27)24(18(17)7-8-20(15)28)23-19(26)12-16(13-21(23)31-4)6-9-22(30)32-5;1-2/h6-9,12-13,24H,10-11,14,28H2,1-5H3;1-2H3/b9-6+;. The number of carbonyl (C=O) groups excluding carboxylic acids is 1. The van der Waals surface area contributed by atoms with Gasteiger partial charge in [0.15, 0.2) is 0 Å². The number of nitrogen functional groups attached to an aromatic ring is 1. The molecule has 1 unspecified atom stereocenters. The van der Waals surface area contributed by atoms with Crippen LogP contribution in [0.15, 0.2) is 30.3 Å². The van der Waals surface area contributed by atoms with Crippen molar-refractivity contribution < 1.29 is 23.0 Å².